The molecule has 2 heterocycles. The molecule has 130 valence electrons. The Balaban J connectivity index is 1.95. The number of thioether (sulfide) groups is 1. The third-order valence-corrected chi connectivity index (χ3v) is 6.86. The van der Waals surface area contributed by atoms with E-state index in [1.807, 2.05) is 0 Å². The summed E-state index contributed by atoms with van der Waals surface area (Å²) in [5, 5.41) is 2.46. The van der Waals surface area contributed by atoms with Gasteiger partial charge < -0.3 is 5.32 Å². The van der Waals surface area contributed by atoms with Crippen molar-refractivity contribution in [1.82, 2.24) is 5.32 Å². The van der Waals surface area contributed by atoms with E-state index in [2.05, 4.69) is 5.32 Å². The Labute approximate surface area is 158 Å². The zero-order valence-corrected chi connectivity index (χ0v) is 15.5. The number of benzene rings is 2. The third kappa shape index (κ3) is 2.47. The van der Waals surface area contributed by atoms with Crippen LogP contribution < -0.4 is 9.62 Å². The van der Waals surface area contributed by atoms with Crippen molar-refractivity contribution in [3.05, 3.63) is 65.1 Å². The molecule has 0 saturated carbocycles. The van der Waals surface area contributed by atoms with Gasteiger partial charge in [0.1, 0.15) is 4.32 Å². The molecule has 1 fully saturated rings. The molecule has 0 unspecified atom stereocenters. The second-order valence-corrected chi connectivity index (χ2v) is 8.93. The second kappa shape index (κ2) is 6.04. The molecular weight excluding hydrogens is 392 g/mol. The Kier molecular flexibility index (Phi) is 3.94. The van der Waals surface area contributed by atoms with Gasteiger partial charge in [0.2, 0.25) is 0 Å². The van der Waals surface area contributed by atoms with Gasteiger partial charge in [-0.1, -0.05) is 60.4 Å². The average molecular weight is 402 g/mol. The predicted molar refractivity (Wildman–Crippen MR) is 103 cm³/mol. The molecule has 1 N–H and O–H groups in total. The molecule has 0 aliphatic carbocycles. The van der Waals surface area contributed by atoms with E-state index in [1.165, 1.54) is 18.2 Å². The molecule has 6 nitrogen and oxygen atoms in total. The van der Waals surface area contributed by atoms with Crippen molar-refractivity contribution in [3.8, 4) is 0 Å². The zero-order chi connectivity index (χ0) is 18.5. The Hall–Kier alpha value is -2.49. The van der Waals surface area contributed by atoms with Crippen molar-refractivity contribution < 1.29 is 18.0 Å². The highest BCUT2D eigenvalue weighted by atomic mass is 32.2. The number of hydrogen-bond donors (Lipinski definition) is 1. The van der Waals surface area contributed by atoms with Crippen LogP contribution in [-0.2, 0) is 19.6 Å². The molecule has 0 radical (unpaired) electrons. The van der Waals surface area contributed by atoms with Crippen LogP contribution in [-0.4, -0.2) is 24.6 Å². The maximum absolute atomic E-state index is 13.1. The summed E-state index contributed by atoms with van der Waals surface area (Å²) in [5.74, 6) is -1.27. The number of carbonyl (C=O) groups excluding carboxylic acids is 2. The fourth-order valence-electron chi connectivity index (χ4n) is 2.82. The lowest BCUT2D eigenvalue weighted by molar-refractivity contribution is -0.116. The average Bonchev–Trinajstić information content (AvgIpc) is 3.10. The van der Waals surface area contributed by atoms with Gasteiger partial charge in [-0.2, -0.15) is 4.31 Å². The maximum Gasteiger partial charge on any atom is 0.274 e. The minimum Gasteiger partial charge on any atom is -0.307 e. The number of anilines is 1. The first kappa shape index (κ1) is 17.0. The van der Waals surface area contributed by atoms with E-state index in [0.717, 1.165) is 16.1 Å². The van der Waals surface area contributed by atoms with E-state index < -0.39 is 21.8 Å². The number of amides is 2. The SMILES string of the molecule is O=C1NC(=S)SC1=C1C(=O)N(S(=O)(=O)c2ccccc2)c2ccccc21. The summed E-state index contributed by atoms with van der Waals surface area (Å²) in [6.45, 7) is 0. The smallest absolute Gasteiger partial charge is 0.274 e. The van der Waals surface area contributed by atoms with Crippen molar-refractivity contribution >= 4 is 61.4 Å². The highest BCUT2D eigenvalue weighted by molar-refractivity contribution is 8.27. The summed E-state index contributed by atoms with van der Waals surface area (Å²) in [7, 11) is -4.12. The highest BCUT2D eigenvalue weighted by Gasteiger charge is 2.44. The molecule has 2 aromatic carbocycles. The lowest BCUT2D eigenvalue weighted by atomic mass is 10.1. The molecule has 2 amide bonds. The Morgan fingerprint density at radius 1 is 0.962 bits per heavy atom. The molecule has 2 aliphatic rings. The van der Waals surface area contributed by atoms with Crippen LogP contribution in [0.4, 0.5) is 5.69 Å². The highest BCUT2D eigenvalue weighted by Crippen LogP contribution is 2.44. The Morgan fingerprint density at radius 3 is 2.27 bits per heavy atom. The summed E-state index contributed by atoms with van der Waals surface area (Å²) in [6.07, 6.45) is 0. The van der Waals surface area contributed by atoms with Crippen molar-refractivity contribution in [2.75, 3.05) is 4.31 Å². The summed E-state index contributed by atoms with van der Waals surface area (Å²) in [5.41, 5.74) is 0.650. The number of nitrogens with zero attached hydrogens (tertiary/aromatic N) is 1. The van der Waals surface area contributed by atoms with Gasteiger partial charge in [0.15, 0.2) is 0 Å². The summed E-state index contributed by atoms with van der Waals surface area (Å²) >= 11 is 5.93. The van der Waals surface area contributed by atoms with Gasteiger partial charge in [-0.15, -0.1) is 0 Å². The van der Waals surface area contributed by atoms with Gasteiger partial charge in [-0.25, -0.2) is 8.42 Å². The quantitative estimate of drug-likeness (QED) is 0.613. The van der Waals surface area contributed by atoms with Crippen LogP contribution in [0.15, 0.2) is 64.4 Å². The first-order valence-corrected chi connectivity index (χ1v) is 10.1. The molecule has 2 aromatic rings. The number of fused-ring (bicyclic) bond motifs is 1. The molecule has 26 heavy (non-hydrogen) atoms. The van der Waals surface area contributed by atoms with E-state index in [-0.39, 0.29) is 25.4 Å². The van der Waals surface area contributed by atoms with Gasteiger partial charge in [-0.3, -0.25) is 9.59 Å². The van der Waals surface area contributed by atoms with Crippen LogP contribution in [0.3, 0.4) is 0 Å². The molecule has 0 bridgehead atoms. The van der Waals surface area contributed by atoms with E-state index in [4.69, 9.17) is 12.2 Å². The van der Waals surface area contributed by atoms with Crippen molar-refractivity contribution in [2.45, 2.75) is 4.90 Å². The second-order valence-electron chi connectivity index (χ2n) is 5.45. The number of nitrogens with one attached hydrogen (secondary N) is 1. The van der Waals surface area contributed by atoms with Crippen molar-refractivity contribution in [3.63, 3.8) is 0 Å². The standard InChI is InChI=1S/C17H10N2O4S3/c20-15-14(25-17(24)18-15)13-11-8-4-5-9-12(11)19(16(13)21)26(22,23)10-6-2-1-3-7-10/h1-9H,(H,18,20,24). The fraction of sp³-hybridized carbons (Fsp3) is 0. The van der Waals surface area contributed by atoms with Crippen LogP contribution in [0.2, 0.25) is 0 Å². The number of sulfonamides is 1. The molecule has 9 heteroatoms. The number of carbonyl (C=O) groups is 2. The van der Waals surface area contributed by atoms with Gasteiger partial charge in [-0.05, 0) is 18.2 Å². The van der Waals surface area contributed by atoms with E-state index in [0.29, 0.717) is 5.56 Å². The van der Waals surface area contributed by atoms with Gasteiger partial charge in [0.05, 0.1) is 21.1 Å². The molecule has 0 aromatic heterocycles. The number of hydrogen-bond acceptors (Lipinski definition) is 6. The molecule has 0 spiro atoms. The number of rotatable bonds is 2. The normalized spacial score (nSPS) is 19.7. The minimum atomic E-state index is -4.12. The molecule has 0 atom stereocenters. The largest absolute Gasteiger partial charge is 0.307 e. The summed E-state index contributed by atoms with van der Waals surface area (Å²) in [4.78, 5) is 25.3. The fourth-order valence-corrected chi connectivity index (χ4v) is 5.38. The summed E-state index contributed by atoms with van der Waals surface area (Å²) < 4.78 is 27.1. The van der Waals surface area contributed by atoms with E-state index in [1.54, 1.807) is 36.4 Å². The monoisotopic (exact) mass is 402 g/mol. The molecule has 4 rings (SSSR count). The van der Waals surface area contributed by atoms with Crippen LogP contribution in [0, 0.1) is 0 Å². The van der Waals surface area contributed by atoms with Gasteiger partial charge in [0, 0.05) is 5.56 Å². The first-order chi connectivity index (χ1) is 12.4. The first-order valence-electron chi connectivity index (χ1n) is 7.43. The molecular formula is C17H10N2O4S3. The van der Waals surface area contributed by atoms with E-state index in [9.17, 15) is 18.0 Å². The van der Waals surface area contributed by atoms with Crippen molar-refractivity contribution in [2.24, 2.45) is 0 Å². The van der Waals surface area contributed by atoms with Crippen LogP contribution >= 0.6 is 24.0 Å². The lowest BCUT2D eigenvalue weighted by Gasteiger charge is -2.17. The maximum atomic E-state index is 13.1. The lowest BCUT2D eigenvalue weighted by Crippen LogP contribution is -2.33. The molecule has 2 aliphatic heterocycles. The number of thiocarbonyl (C=S) groups is 1. The van der Waals surface area contributed by atoms with Gasteiger partial charge in [0.25, 0.3) is 21.8 Å². The van der Waals surface area contributed by atoms with E-state index >= 15 is 0 Å². The van der Waals surface area contributed by atoms with Crippen molar-refractivity contribution in [1.29, 1.82) is 0 Å². The topological polar surface area (TPSA) is 83.6 Å². The zero-order valence-electron chi connectivity index (χ0n) is 13.0. The Morgan fingerprint density at radius 2 is 1.62 bits per heavy atom. The van der Waals surface area contributed by atoms with Crippen LogP contribution in [0.5, 0.6) is 0 Å². The summed E-state index contributed by atoms with van der Waals surface area (Å²) in [6, 6.07) is 14.2. The minimum absolute atomic E-state index is 0.00606. The van der Waals surface area contributed by atoms with Crippen LogP contribution in [0.25, 0.3) is 5.57 Å². The number of para-hydroxylation sites is 1. The predicted octanol–water partition coefficient (Wildman–Crippen LogP) is 2.28. The third-order valence-electron chi connectivity index (χ3n) is 3.92. The van der Waals surface area contributed by atoms with Crippen LogP contribution in [0.1, 0.15) is 5.56 Å². The Bertz CT molecular complexity index is 1110. The molecule has 1 saturated heterocycles. The van der Waals surface area contributed by atoms with Gasteiger partial charge >= 0.3 is 0 Å².